The van der Waals surface area contributed by atoms with Crippen molar-refractivity contribution < 1.29 is 9.59 Å². The van der Waals surface area contributed by atoms with Crippen molar-refractivity contribution in [2.45, 2.75) is 46.6 Å². The molecule has 0 atom stereocenters. The van der Waals surface area contributed by atoms with Crippen molar-refractivity contribution in [3.8, 4) is 0 Å². The molecule has 0 bridgehead atoms. The molecule has 2 amide bonds. The molecule has 0 aliphatic rings. The third-order valence-corrected chi connectivity index (χ3v) is 2.24. The largest absolute Gasteiger partial charge is 0.359 e. The van der Waals surface area contributed by atoms with Crippen molar-refractivity contribution in [3.05, 3.63) is 0 Å². The van der Waals surface area contributed by atoms with Crippen LogP contribution in [0.2, 0.25) is 0 Å². The minimum absolute atomic E-state index is 0.0130. The number of nitrogens with one attached hydrogen (secondary N) is 2. The molecule has 0 aromatic rings. The van der Waals surface area contributed by atoms with Crippen LogP contribution in [0.4, 0.5) is 0 Å². The van der Waals surface area contributed by atoms with Crippen molar-refractivity contribution >= 4 is 11.8 Å². The van der Waals surface area contributed by atoms with E-state index in [0.29, 0.717) is 6.42 Å². The van der Waals surface area contributed by atoms with Crippen LogP contribution >= 0.6 is 0 Å². The van der Waals surface area contributed by atoms with Crippen LogP contribution in [0.25, 0.3) is 0 Å². The summed E-state index contributed by atoms with van der Waals surface area (Å²) in [6, 6.07) is 0. The fraction of sp³-hybridized carbons (Fsp3) is 0.818. The van der Waals surface area contributed by atoms with Crippen LogP contribution < -0.4 is 10.6 Å². The lowest BCUT2D eigenvalue weighted by Crippen LogP contribution is -2.48. The van der Waals surface area contributed by atoms with E-state index in [0.717, 1.165) is 0 Å². The number of amides is 2. The van der Waals surface area contributed by atoms with Crippen LogP contribution in [0.3, 0.4) is 0 Å². The first-order valence-electron chi connectivity index (χ1n) is 5.12. The molecule has 88 valence electrons. The zero-order valence-electron chi connectivity index (χ0n) is 10.5. The quantitative estimate of drug-likeness (QED) is 0.735. The Morgan fingerprint density at radius 1 is 1.13 bits per heavy atom. The summed E-state index contributed by atoms with van der Waals surface area (Å²) < 4.78 is 0. The summed E-state index contributed by atoms with van der Waals surface area (Å²) in [6.07, 6.45) is 0.596. The molecule has 0 aromatic carbocycles. The molecule has 0 saturated carbocycles. The lowest BCUT2D eigenvalue weighted by Gasteiger charge is -2.34. The average Bonchev–Trinajstić information content (AvgIpc) is 1.97. The van der Waals surface area contributed by atoms with Gasteiger partial charge in [0.05, 0.1) is 0 Å². The van der Waals surface area contributed by atoms with Crippen molar-refractivity contribution in [2.75, 3.05) is 7.05 Å². The molecule has 0 unspecified atom stereocenters. The van der Waals surface area contributed by atoms with Crippen molar-refractivity contribution in [3.63, 3.8) is 0 Å². The molecule has 4 nitrogen and oxygen atoms in total. The van der Waals surface area contributed by atoms with Gasteiger partial charge in [0, 0.05) is 24.9 Å². The summed E-state index contributed by atoms with van der Waals surface area (Å²) >= 11 is 0. The molecular formula is C11H22N2O2. The van der Waals surface area contributed by atoms with E-state index in [2.05, 4.69) is 10.6 Å². The van der Waals surface area contributed by atoms with Gasteiger partial charge in [0.1, 0.15) is 0 Å². The third kappa shape index (κ3) is 4.81. The molecule has 15 heavy (non-hydrogen) atoms. The summed E-state index contributed by atoms with van der Waals surface area (Å²) in [5, 5.41) is 5.46. The van der Waals surface area contributed by atoms with Gasteiger partial charge in [-0.25, -0.2) is 0 Å². The van der Waals surface area contributed by atoms with E-state index in [1.807, 2.05) is 27.7 Å². The van der Waals surface area contributed by atoms with Gasteiger partial charge >= 0.3 is 0 Å². The van der Waals surface area contributed by atoms with E-state index < -0.39 is 5.41 Å². The molecule has 0 fully saturated rings. The van der Waals surface area contributed by atoms with Crippen molar-refractivity contribution in [2.24, 2.45) is 5.41 Å². The van der Waals surface area contributed by atoms with Gasteiger partial charge in [-0.15, -0.1) is 0 Å². The highest BCUT2D eigenvalue weighted by Crippen LogP contribution is 2.27. The predicted molar refractivity (Wildman–Crippen MR) is 60.4 cm³/mol. The average molecular weight is 214 g/mol. The van der Waals surface area contributed by atoms with Gasteiger partial charge in [-0.2, -0.15) is 0 Å². The fourth-order valence-corrected chi connectivity index (χ4v) is 2.04. The Morgan fingerprint density at radius 2 is 1.60 bits per heavy atom. The molecule has 0 aliphatic carbocycles. The molecule has 0 aliphatic heterocycles. The molecule has 0 spiro atoms. The maximum atomic E-state index is 11.6. The molecule has 0 saturated heterocycles. The second-order valence-corrected chi connectivity index (χ2v) is 5.20. The summed E-state index contributed by atoms with van der Waals surface area (Å²) in [6.45, 7) is 9.05. The molecule has 4 heteroatoms. The number of carbonyl (C=O) groups excluding carboxylic acids is 2. The van der Waals surface area contributed by atoms with Crippen LogP contribution in [0.5, 0.6) is 0 Å². The molecule has 0 rings (SSSR count). The molecular weight excluding hydrogens is 192 g/mol. The van der Waals surface area contributed by atoms with E-state index in [4.69, 9.17) is 0 Å². The second-order valence-electron chi connectivity index (χ2n) is 5.20. The Balaban J connectivity index is 4.56. The monoisotopic (exact) mass is 214 g/mol. The number of hydrogen-bond donors (Lipinski definition) is 2. The zero-order chi connectivity index (χ0) is 12.3. The first-order chi connectivity index (χ1) is 6.60. The summed E-state index contributed by atoms with van der Waals surface area (Å²) in [4.78, 5) is 22.5. The first kappa shape index (κ1) is 13.9. The van der Waals surface area contributed by atoms with Gasteiger partial charge < -0.3 is 10.6 Å². The smallest absolute Gasteiger partial charge is 0.225 e. The third-order valence-electron chi connectivity index (χ3n) is 2.24. The van der Waals surface area contributed by atoms with Gasteiger partial charge in [-0.3, -0.25) is 9.59 Å². The highest BCUT2D eigenvalue weighted by atomic mass is 16.2. The molecule has 0 radical (unpaired) electrons. The van der Waals surface area contributed by atoms with Crippen LogP contribution in [-0.4, -0.2) is 24.4 Å². The van der Waals surface area contributed by atoms with E-state index in [-0.39, 0.29) is 17.4 Å². The fourth-order valence-electron chi connectivity index (χ4n) is 2.04. The van der Waals surface area contributed by atoms with Gasteiger partial charge in [0.15, 0.2) is 0 Å². The van der Waals surface area contributed by atoms with E-state index >= 15 is 0 Å². The lowest BCUT2D eigenvalue weighted by molar-refractivity contribution is -0.131. The predicted octanol–water partition coefficient (Wildman–Crippen LogP) is 1.06. The minimum Gasteiger partial charge on any atom is -0.359 e. The van der Waals surface area contributed by atoms with Crippen LogP contribution in [-0.2, 0) is 9.59 Å². The lowest BCUT2D eigenvalue weighted by atomic mass is 9.79. The summed E-state index contributed by atoms with van der Waals surface area (Å²) in [5.41, 5.74) is -0.859. The Morgan fingerprint density at radius 3 is 1.93 bits per heavy atom. The molecule has 2 N–H and O–H groups in total. The normalized spacial score (nSPS) is 12.1. The Hall–Kier alpha value is -1.06. The number of rotatable bonds is 4. The first-order valence-corrected chi connectivity index (χ1v) is 5.12. The number of carbonyl (C=O) groups is 2. The second kappa shape index (κ2) is 4.64. The zero-order valence-corrected chi connectivity index (χ0v) is 10.5. The highest BCUT2D eigenvalue weighted by Gasteiger charge is 2.34. The summed E-state index contributed by atoms with van der Waals surface area (Å²) in [7, 11) is 1.62. The molecule has 0 aromatic heterocycles. The maximum Gasteiger partial charge on any atom is 0.225 e. The van der Waals surface area contributed by atoms with E-state index in [1.165, 1.54) is 6.92 Å². The Labute approximate surface area is 91.8 Å². The standard InChI is InChI=1S/C11H22N2O2/c1-8(14)13-11(4,5)7-10(2,3)9(15)12-6/h7H2,1-6H3,(H,12,15)(H,13,14). The molecule has 0 heterocycles. The highest BCUT2D eigenvalue weighted by molar-refractivity contribution is 5.81. The van der Waals surface area contributed by atoms with Crippen LogP contribution in [0, 0.1) is 5.41 Å². The van der Waals surface area contributed by atoms with Crippen LogP contribution in [0.1, 0.15) is 41.0 Å². The Bertz CT molecular complexity index is 257. The Kier molecular flexibility index (Phi) is 4.31. The van der Waals surface area contributed by atoms with Crippen LogP contribution in [0.15, 0.2) is 0 Å². The van der Waals surface area contributed by atoms with Gasteiger partial charge in [0.25, 0.3) is 0 Å². The van der Waals surface area contributed by atoms with E-state index in [9.17, 15) is 9.59 Å². The van der Waals surface area contributed by atoms with Crippen molar-refractivity contribution in [1.82, 2.24) is 10.6 Å². The van der Waals surface area contributed by atoms with Crippen molar-refractivity contribution in [1.29, 1.82) is 0 Å². The minimum atomic E-state index is -0.485. The van der Waals surface area contributed by atoms with Gasteiger partial charge in [-0.05, 0) is 20.3 Å². The topological polar surface area (TPSA) is 58.2 Å². The maximum absolute atomic E-state index is 11.6. The van der Waals surface area contributed by atoms with Gasteiger partial charge in [0.2, 0.25) is 11.8 Å². The summed E-state index contributed by atoms with van der Waals surface area (Å²) in [5.74, 6) is -0.0892. The number of hydrogen-bond acceptors (Lipinski definition) is 2. The van der Waals surface area contributed by atoms with Gasteiger partial charge in [-0.1, -0.05) is 13.8 Å². The SMILES string of the molecule is CNC(=O)C(C)(C)CC(C)(C)NC(C)=O. The van der Waals surface area contributed by atoms with E-state index in [1.54, 1.807) is 7.05 Å².